The lowest BCUT2D eigenvalue weighted by molar-refractivity contribution is -0.122. The molecule has 0 saturated carbocycles. The molecule has 0 aliphatic carbocycles. The van der Waals surface area contributed by atoms with E-state index in [0.29, 0.717) is 28.6 Å². The van der Waals surface area contributed by atoms with Crippen molar-refractivity contribution < 1.29 is 23.9 Å². The predicted molar refractivity (Wildman–Crippen MR) is 120 cm³/mol. The first-order valence-electron chi connectivity index (χ1n) is 9.84. The Kier molecular flexibility index (Phi) is 7.36. The summed E-state index contributed by atoms with van der Waals surface area (Å²) >= 11 is 0.876. The Morgan fingerprint density at radius 2 is 1.94 bits per heavy atom. The van der Waals surface area contributed by atoms with Crippen LogP contribution in [0.25, 0.3) is 6.08 Å². The second-order valence-electron chi connectivity index (χ2n) is 6.75. The first kappa shape index (κ1) is 22.4. The molecule has 0 atom stereocenters. The van der Waals surface area contributed by atoms with Gasteiger partial charge in [-0.3, -0.25) is 19.3 Å². The summed E-state index contributed by atoms with van der Waals surface area (Å²) < 4.78 is 10.8. The molecule has 1 aliphatic heterocycles. The first-order valence-corrected chi connectivity index (χ1v) is 10.7. The average Bonchev–Trinajstić information content (AvgIpc) is 3.02. The summed E-state index contributed by atoms with van der Waals surface area (Å²) in [4.78, 5) is 38.8. The molecule has 3 rings (SSSR count). The lowest BCUT2D eigenvalue weighted by Crippen LogP contribution is -2.37. The molecular formula is C23H24N2O5S. The maximum absolute atomic E-state index is 12.7. The molecule has 1 N–H and O–H groups in total. The number of ether oxygens (including phenoxy) is 2. The van der Waals surface area contributed by atoms with E-state index in [0.717, 1.165) is 27.8 Å². The third-order valence-electron chi connectivity index (χ3n) is 4.67. The zero-order chi connectivity index (χ0) is 22.4. The van der Waals surface area contributed by atoms with Crippen LogP contribution in [0.4, 0.5) is 4.79 Å². The largest absolute Gasteiger partial charge is 0.493 e. The van der Waals surface area contributed by atoms with Gasteiger partial charge in [0.15, 0.2) is 11.5 Å². The number of methoxy groups -OCH3 is 1. The number of aryl methyl sites for hydroxylation is 1. The Balaban J connectivity index is 1.64. The van der Waals surface area contributed by atoms with Gasteiger partial charge in [-0.25, -0.2) is 0 Å². The van der Waals surface area contributed by atoms with E-state index >= 15 is 0 Å². The highest BCUT2D eigenvalue weighted by molar-refractivity contribution is 8.18. The highest BCUT2D eigenvalue weighted by atomic mass is 32.2. The molecule has 0 radical (unpaired) electrons. The molecule has 1 aliphatic rings. The summed E-state index contributed by atoms with van der Waals surface area (Å²) in [7, 11) is 1.54. The summed E-state index contributed by atoms with van der Waals surface area (Å²) in [6.07, 6.45) is 1.65. The van der Waals surface area contributed by atoms with Crippen LogP contribution < -0.4 is 14.8 Å². The highest BCUT2D eigenvalue weighted by Crippen LogP contribution is 2.34. The van der Waals surface area contributed by atoms with Crippen molar-refractivity contribution in [1.29, 1.82) is 0 Å². The van der Waals surface area contributed by atoms with Gasteiger partial charge in [-0.2, -0.15) is 0 Å². The van der Waals surface area contributed by atoms with E-state index in [-0.39, 0.29) is 30.1 Å². The fraction of sp³-hybridized carbons (Fsp3) is 0.261. The molecule has 3 amide bonds. The van der Waals surface area contributed by atoms with Crippen molar-refractivity contribution in [3.05, 3.63) is 64.1 Å². The van der Waals surface area contributed by atoms with Crippen molar-refractivity contribution >= 4 is 34.9 Å². The number of imide groups is 1. The van der Waals surface area contributed by atoms with Crippen LogP contribution in [-0.2, 0) is 4.79 Å². The number of thioether (sulfide) groups is 1. The lowest BCUT2D eigenvalue weighted by Gasteiger charge is -2.13. The molecule has 0 spiro atoms. The third-order valence-corrected chi connectivity index (χ3v) is 5.58. The van der Waals surface area contributed by atoms with Crippen LogP contribution in [0.1, 0.15) is 28.4 Å². The summed E-state index contributed by atoms with van der Waals surface area (Å²) in [5.41, 5.74) is 2.15. The molecule has 2 aromatic carbocycles. The molecule has 1 saturated heterocycles. The number of hydrogen-bond donors (Lipinski definition) is 1. The lowest BCUT2D eigenvalue weighted by atomic mass is 10.1. The number of rotatable bonds is 8. The van der Waals surface area contributed by atoms with E-state index in [4.69, 9.17) is 9.47 Å². The van der Waals surface area contributed by atoms with Gasteiger partial charge in [0.2, 0.25) is 0 Å². The van der Waals surface area contributed by atoms with Gasteiger partial charge in [0, 0.05) is 18.7 Å². The minimum Gasteiger partial charge on any atom is -0.493 e. The normalized spacial score (nSPS) is 14.8. The molecule has 0 bridgehead atoms. The quantitative estimate of drug-likeness (QED) is 0.628. The summed E-state index contributed by atoms with van der Waals surface area (Å²) in [5, 5.41) is 2.40. The Bertz CT molecular complexity index is 1030. The van der Waals surface area contributed by atoms with E-state index < -0.39 is 0 Å². The Hall–Kier alpha value is -3.26. The number of benzene rings is 2. The zero-order valence-corrected chi connectivity index (χ0v) is 18.5. The summed E-state index contributed by atoms with van der Waals surface area (Å²) in [5.74, 6) is 0.545. The Labute approximate surface area is 185 Å². The third kappa shape index (κ3) is 5.27. The van der Waals surface area contributed by atoms with Gasteiger partial charge in [-0.1, -0.05) is 24.3 Å². The fourth-order valence-electron chi connectivity index (χ4n) is 3.10. The maximum Gasteiger partial charge on any atom is 0.293 e. The van der Waals surface area contributed by atoms with Crippen molar-refractivity contribution in [3.63, 3.8) is 0 Å². The monoisotopic (exact) mass is 440 g/mol. The number of carbonyl (C=O) groups excluding carboxylic acids is 3. The number of nitrogens with one attached hydrogen (secondary N) is 1. The molecule has 0 aromatic heterocycles. The molecule has 31 heavy (non-hydrogen) atoms. The van der Waals surface area contributed by atoms with Crippen molar-refractivity contribution in [3.8, 4) is 11.5 Å². The molecule has 162 valence electrons. The van der Waals surface area contributed by atoms with Gasteiger partial charge in [0.25, 0.3) is 17.1 Å². The number of hydrogen-bond acceptors (Lipinski definition) is 6. The standard InChI is InChI=1S/C23H24N2O5S/c1-4-30-18-10-9-16(13-19(18)29-3)14-20-22(27)25(23(28)31-20)12-11-24-21(26)17-8-6-5-7-15(17)2/h5-10,13-14H,4,11-12H2,1-3H3,(H,24,26)/b20-14-. The van der Waals surface area contributed by atoms with Crippen molar-refractivity contribution in [1.82, 2.24) is 10.2 Å². The molecule has 1 heterocycles. The molecular weight excluding hydrogens is 416 g/mol. The van der Waals surface area contributed by atoms with E-state index in [9.17, 15) is 14.4 Å². The van der Waals surface area contributed by atoms with Crippen LogP contribution in [0.2, 0.25) is 0 Å². The van der Waals surface area contributed by atoms with Crippen LogP contribution >= 0.6 is 11.8 Å². The van der Waals surface area contributed by atoms with Crippen LogP contribution in [0.3, 0.4) is 0 Å². The second-order valence-corrected chi connectivity index (χ2v) is 7.74. The van der Waals surface area contributed by atoms with Crippen LogP contribution in [0, 0.1) is 6.92 Å². The minimum atomic E-state index is -0.381. The Morgan fingerprint density at radius 3 is 2.65 bits per heavy atom. The maximum atomic E-state index is 12.7. The van der Waals surface area contributed by atoms with Gasteiger partial charge in [-0.05, 0) is 61.0 Å². The van der Waals surface area contributed by atoms with Crippen LogP contribution in [-0.4, -0.2) is 48.8 Å². The fourth-order valence-corrected chi connectivity index (χ4v) is 3.96. The zero-order valence-electron chi connectivity index (χ0n) is 17.6. The van der Waals surface area contributed by atoms with Crippen LogP contribution in [0.15, 0.2) is 47.4 Å². The topological polar surface area (TPSA) is 84.9 Å². The van der Waals surface area contributed by atoms with Gasteiger partial charge >= 0.3 is 0 Å². The highest BCUT2D eigenvalue weighted by Gasteiger charge is 2.34. The van der Waals surface area contributed by atoms with Crippen molar-refractivity contribution in [2.45, 2.75) is 13.8 Å². The van der Waals surface area contributed by atoms with Gasteiger partial charge in [0.05, 0.1) is 18.6 Å². The molecule has 7 nitrogen and oxygen atoms in total. The van der Waals surface area contributed by atoms with E-state index in [2.05, 4.69) is 5.32 Å². The Morgan fingerprint density at radius 1 is 1.16 bits per heavy atom. The summed E-state index contributed by atoms with van der Waals surface area (Å²) in [6, 6.07) is 12.5. The van der Waals surface area contributed by atoms with E-state index in [1.165, 1.54) is 0 Å². The molecule has 1 fully saturated rings. The van der Waals surface area contributed by atoms with Gasteiger partial charge < -0.3 is 14.8 Å². The smallest absolute Gasteiger partial charge is 0.293 e. The average molecular weight is 441 g/mol. The first-order chi connectivity index (χ1) is 14.9. The van der Waals surface area contributed by atoms with Crippen molar-refractivity contribution in [2.75, 3.05) is 26.8 Å². The number of carbonyl (C=O) groups is 3. The molecule has 8 heteroatoms. The van der Waals surface area contributed by atoms with Crippen molar-refractivity contribution in [2.24, 2.45) is 0 Å². The predicted octanol–water partition coefficient (Wildman–Crippen LogP) is 3.87. The number of nitrogens with zero attached hydrogens (tertiary/aromatic N) is 1. The minimum absolute atomic E-state index is 0.103. The summed E-state index contributed by atoms with van der Waals surface area (Å²) in [6.45, 7) is 4.52. The van der Waals surface area contributed by atoms with E-state index in [1.807, 2.05) is 26.0 Å². The second kappa shape index (κ2) is 10.2. The van der Waals surface area contributed by atoms with Crippen LogP contribution in [0.5, 0.6) is 11.5 Å². The number of amides is 3. The van der Waals surface area contributed by atoms with E-state index in [1.54, 1.807) is 43.5 Å². The molecule has 2 aromatic rings. The molecule has 0 unspecified atom stereocenters. The van der Waals surface area contributed by atoms with Gasteiger partial charge in [0.1, 0.15) is 0 Å². The SMILES string of the molecule is CCOc1ccc(/C=C2\SC(=O)N(CCNC(=O)c3ccccc3C)C2=O)cc1OC. The van der Waals surface area contributed by atoms with Gasteiger partial charge in [-0.15, -0.1) is 0 Å².